The van der Waals surface area contributed by atoms with Crippen molar-refractivity contribution in [2.45, 2.75) is 45.6 Å². The number of Topliss-reactive ketones (excluding diaryl/α,β-unsaturated/α-hetero) is 1. The number of hydrogen-bond donors (Lipinski definition) is 1. The summed E-state index contributed by atoms with van der Waals surface area (Å²) in [5.41, 5.74) is 0.323. The molecule has 0 bridgehead atoms. The van der Waals surface area contributed by atoms with Crippen molar-refractivity contribution in [3.8, 4) is 11.5 Å². The predicted octanol–water partition coefficient (Wildman–Crippen LogP) is 2.68. The number of fused-ring (bicyclic) bond motifs is 1. The van der Waals surface area contributed by atoms with Gasteiger partial charge in [0.25, 0.3) is 5.91 Å². The van der Waals surface area contributed by atoms with Crippen LogP contribution in [0.3, 0.4) is 0 Å². The van der Waals surface area contributed by atoms with Gasteiger partial charge >= 0.3 is 0 Å². The van der Waals surface area contributed by atoms with Crippen molar-refractivity contribution in [2.24, 2.45) is 0 Å². The van der Waals surface area contributed by atoms with Crippen molar-refractivity contribution >= 4 is 11.7 Å². The molecule has 0 unspecified atom stereocenters. The summed E-state index contributed by atoms with van der Waals surface area (Å²) in [6, 6.07) is 4.85. The van der Waals surface area contributed by atoms with Crippen molar-refractivity contribution in [1.29, 1.82) is 0 Å². The first-order valence-corrected chi connectivity index (χ1v) is 7.40. The number of amides is 1. The zero-order valence-corrected chi connectivity index (χ0v) is 12.5. The summed E-state index contributed by atoms with van der Waals surface area (Å²) in [7, 11) is 0. The number of ketones is 1. The standard InChI is InChI=1S/C16H21NO4/c1-3-5-12(6-4-2)17-16(19)15(18)11-7-8-13-14(9-11)21-10-20-13/h7-9,12H,3-6,10H2,1-2H3,(H,17,19). The van der Waals surface area contributed by atoms with Crippen LogP contribution >= 0.6 is 0 Å². The highest BCUT2D eigenvalue weighted by atomic mass is 16.7. The highest BCUT2D eigenvalue weighted by Crippen LogP contribution is 2.32. The maximum absolute atomic E-state index is 12.2. The van der Waals surface area contributed by atoms with Gasteiger partial charge in [0.1, 0.15) is 0 Å². The molecule has 1 aromatic carbocycles. The molecule has 0 aromatic heterocycles. The van der Waals surface area contributed by atoms with Gasteiger partial charge in [0.15, 0.2) is 11.5 Å². The van der Waals surface area contributed by atoms with Gasteiger partial charge in [-0.3, -0.25) is 9.59 Å². The van der Waals surface area contributed by atoms with Gasteiger partial charge in [-0.05, 0) is 31.0 Å². The quantitative estimate of drug-likeness (QED) is 0.619. The molecule has 1 aliphatic heterocycles. The molecule has 0 saturated heterocycles. The van der Waals surface area contributed by atoms with E-state index in [1.165, 1.54) is 0 Å². The lowest BCUT2D eigenvalue weighted by molar-refractivity contribution is -0.117. The molecule has 0 saturated carbocycles. The van der Waals surface area contributed by atoms with E-state index < -0.39 is 11.7 Å². The third-order valence-electron chi connectivity index (χ3n) is 3.45. The number of carbonyl (C=O) groups excluding carboxylic acids is 2. The summed E-state index contributed by atoms with van der Waals surface area (Å²) >= 11 is 0. The zero-order chi connectivity index (χ0) is 15.2. The Morgan fingerprint density at radius 2 is 1.81 bits per heavy atom. The van der Waals surface area contributed by atoms with Crippen molar-refractivity contribution in [3.05, 3.63) is 23.8 Å². The molecule has 1 amide bonds. The van der Waals surface area contributed by atoms with E-state index in [0.29, 0.717) is 17.1 Å². The van der Waals surface area contributed by atoms with E-state index in [2.05, 4.69) is 19.2 Å². The minimum Gasteiger partial charge on any atom is -0.454 e. The van der Waals surface area contributed by atoms with Crippen LogP contribution in [0.2, 0.25) is 0 Å². The van der Waals surface area contributed by atoms with Gasteiger partial charge in [-0.2, -0.15) is 0 Å². The third-order valence-corrected chi connectivity index (χ3v) is 3.45. The maximum Gasteiger partial charge on any atom is 0.292 e. The molecule has 5 heteroatoms. The highest BCUT2D eigenvalue weighted by molar-refractivity contribution is 6.42. The summed E-state index contributed by atoms with van der Waals surface area (Å²) in [6.45, 7) is 4.27. The molecular formula is C16H21NO4. The average Bonchev–Trinajstić information content (AvgIpc) is 2.94. The van der Waals surface area contributed by atoms with Crippen LogP contribution in [0, 0.1) is 0 Å². The van der Waals surface area contributed by atoms with Crippen molar-refractivity contribution in [3.63, 3.8) is 0 Å². The summed E-state index contributed by atoms with van der Waals surface area (Å²) in [6.07, 6.45) is 3.72. The molecule has 0 fully saturated rings. The van der Waals surface area contributed by atoms with Gasteiger partial charge in [-0.25, -0.2) is 0 Å². The summed E-state index contributed by atoms with van der Waals surface area (Å²) in [4.78, 5) is 24.3. The fourth-order valence-corrected chi connectivity index (χ4v) is 2.41. The van der Waals surface area contributed by atoms with E-state index in [1.807, 2.05) is 0 Å². The number of nitrogens with one attached hydrogen (secondary N) is 1. The van der Waals surface area contributed by atoms with Crippen molar-refractivity contribution in [1.82, 2.24) is 5.32 Å². The minimum absolute atomic E-state index is 0.0606. The van der Waals surface area contributed by atoms with Crippen molar-refractivity contribution < 1.29 is 19.1 Å². The summed E-state index contributed by atoms with van der Waals surface area (Å²) in [5, 5.41) is 2.82. The van der Waals surface area contributed by atoms with Gasteiger partial charge in [0.2, 0.25) is 12.6 Å². The molecule has 1 aliphatic rings. The Morgan fingerprint density at radius 1 is 1.14 bits per heavy atom. The first kappa shape index (κ1) is 15.4. The molecule has 0 spiro atoms. The second-order valence-electron chi connectivity index (χ2n) is 5.14. The molecule has 1 N–H and O–H groups in total. The molecule has 114 valence electrons. The van der Waals surface area contributed by atoms with E-state index in [9.17, 15) is 9.59 Å². The SMILES string of the molecule is CCCC(CCC)NC(=O)C(=O)c1ccc2c(c1)OCO2. The van der Waals surface area contributed by atoms with Crippen LogP contribution in [0.25, 0.3) is 0 Å². The lowest BCUT2D eigenvalue weighted by atomic mass is 10.1. The van der Waals surface area contributed by atoms with Gasteiger partial charge in [-0.15, -0.1) is 0 Å². The molecular weight excluding hydrogens is 270 g/mol. The topological polar surface area (TPSA) is 64.6 Å². The molecule has 2 rings (SSSR count). The van der Waals surface area contributed by atoms with Crippen molar-refractivity contribution in [2.75, 3.05) is 6.79 Å². The molecule has 0 aliphatic carbocycles. The van der Waals surface area contributed by atoms with Gasteiger partial charge in [0.05, 0.1) is 0 Å². The Labute approximate surface area is 124 Å². The molecule has 5 nitrogen and oxygen atoms in total. The predicted molar refractivity (Wildman–Crippen MR) is 78.6 cm³/mol. The second kappa shape index (κ2) is 7.11. The molecule has 21 heavy (non-hydrogen) atoms. The van der Waals surface area contributed by atoms with Crippen LogP contribution < -0.4 is 14.8 Å². The Kier molecular flexibility index (Phi) is 5.20. The lowest BCUT2D eigenvalue weighted by Crippen LogP contribution is -2.39. The Balaban J connectivity index is 2.03. The number of rotatable bonds is 7. The van der Waals surface area contributed by atoms with Crippen LogP contribution in [-0.2, 0) is 4.79 Å². The van der Waals surface area contributed by atoms with Gasteiger partial charge < -0.3 is 14.8 Å². The smallest absolute Gasteiger partial charge is 0.292 e. The summed E-state index contributed by atoms with van der Waals surface area (Å²) < 4.78 is 10.4. The van der Waals surface area contributed by atoms with Gasteiger partial charge in [-0.1, -0.05) is 26.7 Å². The van der Waals surface area contributed by atoms with Crippen LogP contribution in [0.5, 0.6) is 11.5 Å². The van der Waals surface area contributed by atoms with Crippen LogP contribution in [0.1, 0.15) is 49.9 Å². The van der Waals surface area contributed by atoms with Crippen LogP contribution in [-0.4, -0.2) is 24.5 Å². The maximum atomic E-state index is 12.2. The molecule has 0 atom stereocenters. The van der Waals surface area contributed by atoms with E-state index in [-0.39, 0.29) is 12.8 Å². The molecule has 0 radical (unpaired) electrons. The monoisotopic (exact) mass is 291 g/mol. The largest absolute Gasteiger partial charge is 0.454 e. The van der Waals surface area contributed by atoms with E-state index in [1.54, 1.807) is 18.2 Å². The van der Waals surface area contributed by atoms with Crippen LogP contribution in [0.15, 0.2) is 18.2 Å². The van der Waals surface area contributed by atoms with E-state index in [4.69, 9.17) is 9.47 Å². The summed E-state index contributed by atoms with van der Waals surface area (Å²) in [5.74, 6) is 0.0142. The van der Waals surface area contributed by atoms with E-state index in [0.717, 1.165) is 25.7 Å². The fourth-order valence-electron chi connectivity index (χ4n) is 2.41. The average molecular weight is 291 g/mol. The Hall–Kier alpha value is -2.04. The molecule has 1 aromatic rings. The minimum atomic E-state index is -0.555. The highest BCUT2D eigenvalue weighted by Gasteiger charge is 2.22. The number of hydrogen-bond acceptors (Lipinski definition) is 4. The third kappa shape index (κ3) is 3.74. The van der Waals surface area contributed by atoms with Crippen LogP contribution in [0.4, 0.5) is 0 Å². The number of carbonyl (C=O) groups is 2. The first-order valence-electron chi connectivity index (χ1n) is 7.40. The molecule has 1 heterocycles. The lowest BCUT2D eigenvalue weighted by Gasteiger charge is -2.16. The number of benzene rings is 1. The second-order valence-corrected chi connectivity index (χ2v) is 5.14. The normalized spacial score (nSPS) is 12.5. The first-order chi connectivity index (χ1) is 10.2. The van der Waals surface area contributed by atoms with Gasteiger partial charge in [0, 0.05) is 11.6 Å². The zero-order valence-electron chi connectivity index (χ0n) is 12.5. The van der Waals surface area contributed by atoms with E-state index >= 15 is 0 Å². The number of ether oxygens (including phenoxy) is 2. The Morgan fingerprint density at radius 3 is 2.48 bits per heavy atom. The fraction of sp³-hybridized carbons (Fsp3) is 0.500. The Bertz CT molecular complexity index is 521.